The van der Waals surface area contributed by atoms with Gasteiger partial charge in [-0.2, -0.15) is 0 Å². The zero-order valence-corrected chi connectivity index (χ0v) is 11.3. The van der Waals surface area contributed by atoms with Gasteiger partial charge in [0.05, 0.1) is 0 Å². The number of benzene rings is 1. The van der Waals surface area contributed by atoms with Gasteiger partial charge in [0.1, 0.15) is 6.10 Å². The average molecular weight is 247 g/mol. The zero-order valence-electron chi connectivity index (χ0n) is 11.3. The lowest BCUT2D eigenvalue weighted by Crippen LogP contribution is -2.20. The number of anilines is 1. The van der Waals surface area contributed by atoms with Gasteiger partial charge in [-0.15, -0.1) is 0 Å². The van der Waals surface area contributed by atoms with Gasteiger partial charge in [0.2, 0.25) is 0 Å². The number of allylic oxidation sites excluding steroid dienone is 2. The molecule has 0 saturated heterocycles. The maximum Gasteiger partial charge on any atom is 0.411 e. The molecule has 0 fully saturated rings. The second-order valence-corrected chi connectivity index (χ2v) is 4.57. The summed E-state index contributed by atoms with van der Waals surface area (Å²) in [5, 5.41) is 2.70. The van der Waals surface area contributed by atoms with Crippen LogP contribution in [0, 0.1) is 0 Å². The van der Waals surface area contributed by atoms with E-state index in [1.165, 1.54) is 5.57 Å². The summed E-state index contributed by atoms with van der Waals surface area (Å²) in [4.78, 5) is 11.6. The summed E-state index contributed by atoms with van der Waals surface area (Å²) in [7, 11) is 0. The Hall–Kier alpha value is -1.77. The van der Waals surface area contributed by atoms with Crippen molar-refractivity contribution < 1.29 is 9.53 Å². The number of hydrogen-bond acceptors (Lipinski definition) is 2. The van der Waals surface area contributed by atoms with Crippen LogP contribution in [0.2, 0.25) is 0 Å². The van der Waals surface area contributed by atoms with Crippen molar-refractivity contribution in [2.45, 2.75) is 39.7 Å². The Balaban J connectivity index is 2.29. The Morgan fingerprint density at radius 1 is 1.33 bits per heavy atom. The molecule has 0 unspecified atom stereocenters. The molecule has 18 heavy (non-hydrogen) atoms. The van der Waals surface area contributed by atoms with Crippen LogP contribution in [0.15, 0.2) is 42.0 Å². The van der Waals surface area contributed by atoms with Crippen molar-refractivity contribution in [2.75, 3.05) is 5.32 Å². The molecule has 0 aliphatic heterocycles. The molecule has 1 rings (SSSR count). The number of hydrogen-bond donors (Lipinski definition) is 1. The fourth-order valence-electron chi connectivity index (χ4n) is 1.52. The lowest BCUT2D eigenvalue weighted by Gasteiger charge is -2.13. The van der Waals surface area contributed by atoms with Crippen LogP contribution < -0.4 is 5.32 Å². The molecule has 1 aromatic carbocycles. The molecule has 0 aliphatic carbocycles. The molecular formula is C15H21NO2. The Bertz CT molecular complexity index is 394. The molecule has 0 spiro atoms. The van der Waals surface area contributed by atoms with Crippen LogP contribution in [0.1, 0.15) is 33.6 Å². The normalized spacial score (nSPS) is 11.5. The molecule has 1 atom stereocenters. The first-order valence-electron chi connectivity index (χ1n) is 6.24. The van der Waals surface area contributed by atoms with Gasteiger partial charge < -0.3 is 4.74 Å². The van der Waals surface area contributed by atoms with Crippen LogP contribution in [0.4, 0.5) is 10.5 Å². The number of para-hydroxylation sites is 1. The molecule has 1 amide bonds. The first kappa shape index (κ1) is 14.3. The van der Waals surface area contributed by atoms with Crippen molar-refractivity contribution in [2.24, 2.45) is 0 Å². The number of nitrogens with one attached hydrogen (secondary N) is 1. The Kier molecular flexibility index (Phi) is 5.98. The smallest absolute Gasteiger partial charge is 0.411 e. The van der Waals surface area contributed by atoms with E-state index in [4.69, 9.17) is 4.74 Å². The zero-order chi connectivity index (χ0) is 13.4. The van der Waals surface area contributed by atoms with Crippen LogP contribution in [0.5, 0.6) is 0 Å². The van der Waals surface area contributed by atoms with Crippen molar-refractivity contribution >= 4 is 11.8 Å². The topological polar surface area (TPSA) is 38.3 Å². The first-order valence-corrected chi connectivity index (χ1v) is 6.24. The maximum absolute atomic E-state index is 11.6. The van der Waals surface area contributed by atoms with Gasteiger partial charge in [0.15, 0.2) is 0 Å². The monoisotopic (exact) mass is 247 g/mol. The summed E-state index contributed by atoms with van der Waals surface area (Å²) in [5.41, 5.74) is 2.04. The van der Waals surface area contributed by atoms with E-state index in [0.29, 0.717) is 0 Å². The maximum atomic E-state index is 11.6. The predicted molar refractivity (Wildman–Crippen MR) is 74.7 cm³/mol. The molecule has 1 N–H and O–H groups in total. The fourth-order valence-corrected chi connectivity index (χ4v) is 1.52. The summed E-state index contributed by atoms with van der Waals surface area (Å²) in [6.45, 7) is 6.03. The second-order valence-electron chi connectivity index (χ2n) is 4.57. The number of amides is 1. The highest BCUT2D eigenvalue weighted by Crippen LogP contribution is 2.09. The lowest BCUT2D eigenvalue weighted by atomic mass is 10.2. The van der Waals surface area contributed by atoms with Gasteiger partial charge in [0.25, 0.3) is 0 Å². The third-order valence-electron chi connectivity index (χ3n) is 2.45. The third kappa shape index (κ3) is 6.09. The first-order chi connectivity index (χ1) is 8.58. The van der Waals surface area contributed by atoms with Crippen molar-refractivity contribution in [1.29, 1.82) is 0 Å². The van der Waals surface area contributed by atoms with Crippen LogP contribution >= 0.6 is 0 Å². The fraction of sp³-hybridized carbons (Fsp3) is 0.400. The highest BCUT2D eigenvalue weighted by molar-refractivity contribution is 5.84. The second kappa shape index (κ2) is 7.54. The van der Waals surface area contributed by atoms with Gasteiger partial charge in [-0.3, -0.25) is 5.32 Å². The van der Waals surface area contributed by atoms with Crippen molar-refractivity contribution in [3.05, 3.63) is 42.0 Å². The molecular weight excluding hydrogens is 226 g/mol. The average Bonchev–Trinajstić information content (AvgIpc) is 2.29. The number of ether oxygens (including phenoxy) is 1. The van der Waals surface area contributed by atoms with Gasteiger partial charge in [-0.05, 0) is 45.7 Å². The van der Waals surface area contributed by atoms with Crippen LogP contribution in [0.3, 0.4) is 0 Å². The molecule has 0 aromatic heterocycles. The minimum absolute atomic E-state index is 0.0793. The van der Waals surface area contributed by atoms with Crippen LogP contribution in [-0.4, -0.2) is 12.2 Å². The highest BCUT2D eigenvalue weighted by Gasteiger charge is 2.08. The van der Waals surface area contributed by atoms with Crippen molar-refractivity contribution in [3.63, 3.8) is 0 Å². The van der Waals surface area contributed by atoms with Gasteiger partial charge in [0, 0.05) is 5.69 Å². The molecule has 0 aliphatic rings. The Morgan fingerprint density at radius 3 is 2.61 bits per heavy atom. The highest BCUT2D eigenvalue weighted by atomic mass is 16.6. The number of rotatable bonds is 5. The van der Waals surface area contributed by atoms with Gasteiger partial charge >= 0.3 is 6.09 Å². The number of carbonyl (C=O) groups is 1. The van der Waals surface area contributed by atoms with E-state index in [1.807, 2.05) is 37.3 Å². The SMILES string of the molecule is CC(C)=CCC[C@H](C)OC(=O)Nc1ccccc1. The van der Waals surface area contributed by atoms with E-state index in [-0.39, 0.29) is 6.10 Å². The van der Waals surface area contributed by atoms with E-state index < -0.39 is 6.09 Å². The molecule has 3 nitrogen and oxygen atoms in total. The molecule has 0 bridgehead atoms. The molecule has 3 heteroatoms. The Morgan fingerprint density at radius 2 is 2.00 bits per heavy atom. The van der Waals surface area contributed by atoms with Crippen LogP contribution in [0.25, 0.3) is 0 Å². The quantitative estimate of drug-likeness (QED) is 0.784. The van der Waals surface area contributed by atoms with Gasteiger partial charge in [-0.25, -0.2) is 4.79 Å². The third-order valence-corrected chi connectivity index (χ3v) is 2.45. The van der Waals surface area contributed by atoms with E-state index in [1.54, 1.807) is 0 Å². The lowest BCUT2D eigenvalue weighted by molar-refractivity contribution is 0.116. The van der Waals surface area contributed by atoms with Gasteiger partial charge in [-0.1, -0.05) is 29.8 Å². The summed E-state index contributed by atoms with van der Waals surface area (Å²) < 4.78 is 5.26. The molecule has 0 heterocycles. The predicted octanol–water partition coefficient (Wildman–Crippen LogP) is 4.37. The summed E-state index contributed by atoms with van der Waals surface area (Å²) in [6.07, 6.45) is 3.44. The minimum atomic E-state index is -0.397. The summed E-state index contributed by atoms with van der Waals surface area (Å²) in [5.74, 6) is 0. The number of carbonyl (C=O) groups excluding carboxylic acids is 1. The Labute approximate surface area is 109 Å². The molecule has 0 radical (unpaired) electrons. The largest absolute Gasteiger partial charge is 0.446 e. The minimum Gasteiger partial charge on any atom is -0.446 e. The standard InChI is InChI=1S/C15H21NO2/c1-12(2)8-7-9-13(3)18-15(17)16-14-10-5-4-6-11-14/h4-6,8,10-11,13H,7,9H2,1-3H3,(H,16,17)/t13-/m0/s1. The molecule has 98 valence electrons. The summed E-state index contributed by atoms with van der Waals surface area (Å²) >= 11 is 0. The van der Waals surface area contributed by atoms with E-state index in [9.17, 15) is 4.79 Å². The summed E-state index contributed by atoms with van der Waals surface area (Å²) in [6, 6.07) is 9.30. The van der Waals surface area contributed by atoms with E-state index >= 15 is 0 Å². The van der Waals surface area contributed by atoms with Crippen molar-refractivity contribution in [3.8, 4) is 0 Å². The molecule has 0 saturated carbocycles. The van der Waals surface area contributed by atoms with E-state index in [0.717, 1.165) is 18.5 Å². The van der Waals surface area contributed by atoms with Crippen LogP contribution in [-0.2, 0) is 4.74 Å². The molecule has 1 aromatic rings. The van der Waals surface area contributed by atoms with Crippen molar-refractivity contribution in [1.82, 2.24) is 0 Å². The van der Waals surface area contributed by atoms with E-state index in [2.05, 4.69) is 25.2 Å².